The zero-order chi connectivity index (χ0) is 8.10. The topological polar surface area (TPSA) is 32.3 Å². The molecule has 0 bridgehead atoms. The van der Waals surface area contributed by atoms with Gasteiger partial charge in [0.15, 0.2) is 0 Å². The van der Waals surface area contributed by atoms with Crippen LogP contribution in [0.5, 0.6) is 0 Å². The first kappa shape index (κ1) is 11.4. The quantitative estimate of drug-likeness (QED) is 0.748. The van der Waals surface area contributed by atoms with E-state index in [0.29, 0.717) is 0 Å². The van der Waals surface area contributed by atoms with Crippen LogP contribution in [0, 0.1) is 0 Å². The lowest BCUT2D eigenvalue weighted by atomic mass is 10.1. The molecule has 0 radical (unpaired) electrons. The first-order valence-electron chi connectivity index (χ1n) is 3.70. The average Bonchev–Trinajstić information content (AvgIpc) is 2.07. The van der Waals surface area contributed by atoms with Crippen molar-refractivity contribution in [1.82, 2.24) is 5.32 Å². The molecule has 2 N–H and O–H groups in total. The maximum Gasteiger partial charge on any atom is 0.0681 e. The third-order valence-electron chi connectivity index (χ3n) is 1.59. The Hall–Kier alpha value is -0.570. The smallest absolute Gasteiger partial charge is 0.0681 e. The van der Waals surface area contributed by atoms with E-state index in [-0.39, 0.29) is 19.0 Å². The number of halogens is 1. The van der Waals surface area contributed by atoms with Gasteiger partial charge in [0.05, 0.1) is 6.61 Å². The van der Waals surface area contributed by atoms with E-state index in [0.717, 1.165) is 12.1 Å². The highest BCUT2D eigenvalue weighted by molar-refractivity contribution is 5.85. The minimum Gasteiger partial charge on any atom is -0.392 e. The molecule has 0 saturated heterocycles. The molecule has 0 aromatic heterocycles. The fourth-order valence-corrected chi connectivity index (χ4v) is 0.967. The van der Waals surface area contributed by atoms with E-state index in [1.807, 2.05) is 31.3 Å². The Balaban J connectivity index is 0.00000121. The van der Waals surface area contributed by atoms with Crippen molar-refractivity contribution in [2.75, 3.05) is 7.05 Å². The number of rotatable bonds is 3. The number of nitrogens with one attached hydrogen (secondary N) is 1. The molecule has 1 aromatic rings. The number of benzene rings is 1. The monoisotopic (exact) mass is 187 g/mol. The van der Waals surface area contributed by atoms with Gasteiger partial charge in [0.2, 0.25) is 0 Å². The van der Waals surface area contributed by atoms with Gasteiger partial charge in [-0.25, -0.2) is 0 Å². The van der Waals surface area contributed by atoms with E-state index in [2.05, 4.69) is 5.32 Å². The molecule has 0 amide bonds. The van der Waals surface area contributed by atoms with Crippen LogP contribution < -0.4 is 5.32 Å². The van der Waals surface area contributed by atoms with Crippen molar-refractivity contribution in [1.29, 1.82) is 0 Å². The summed E-state index contributed by atoms with van der Waals surface area (Å²) < 4.78 is 0. The van der Waals surface area contributed by atoms with Gasteiger partial charge < -0.3 is 10.4 Å². The molecule has 0 spiro atoms. The minimum absolute atomic E-state index is 0. The van der Waals surface area contributed by atoms with E-state index in [4.69, 9.17) is 5.11 Å². The van der Waals surface area contributed by atoms with E-state index >= 15 is 0 Å². The van der Waals surface area contributed by atoms with Gasteiger partial charge >= 0.3 is 0 Å². The number of aliphatic hydroxyl groups is 1. The molecular weight excluding hydrogens is 174 g/mol. The summed E-state index contributed by atoms with van der Waals surface area (Å²) in [5.41, 5.74) is 2.20. The standard InChI is InChI=1S/C9H13NO.ClH/c1-10-6-8-2-4-9(7-11)5-3-8;/h2-5,10-11H,6-7H2,1H3;1H. The third kappa shape index (κ3) is 3.22. The molecule has 0 aliphatic heterocycles. The highest BCUT2D eigenvalue weighted by atomic mass is 35.5. The Kier molecular flexibility index (Phi) is 5.72. The highest BCUT2D eigenvalue weighted by Gasteiger charge is 1.90. The summed E-state index contributed by atoms with van der Waals surface area (Å²) in [6, 6.07) is 7.91. The molecule has 0 aliphatic rings. The SMILES string of the molecule is CNCc1ccc(CO)cc1.Cl. The highest BCUT2D eigenvalue weighted by Crippen LogP contribution is 2.03. The maximum absolute atomic E-state index is 8.74. The molecule has 0 atom stereocenters. The minimum atomic E-state index is 0. The lowest BCUT2D eigenvalue weighted by Crippen LogP contribution is -2.04. The van der Waals surface area contributed by atoms with Gasteiger partial charge in [0.25, 0.3) is 0 Å². The zero-order valence-corrected chi connectivity index (χ0v) is 7.90. The molecule has 12 heavy (non-hydrogen) atoms. The number of hydrogen-bond acceptors (Lipinski definition) is 2. The van der Waals surface area contributed by atoms with Gasteiger partial charge in [0.1, 0.15) is 0 Å². The van der Waals surface area contributed by atoms with Crippen molar-refractivity contribution in [3.63, 3.8) is 0 Å². The predicted octanol–water partition coefficient (Wildman–Crippen LogP) is 1.32. The first-order valence-corrected chi connectivity index (χ1v) is 3.70. The van der Waals surface area contributed by atoms with E-state index in [9.17, 15) is 0 Å². The van der Waals surface area contributed by atoms with Gasteiger partial charge in [-0.2, -0.15) is 0 Å². The summed E-state index contributed by atoms with van der Waals surface area (Å²) in [4.78, 5) is 0. The Bertz CT molecular complexity index is 210. The number of aliphatic hydroxyl groups excluding tert-OH is 1. The lowest BCUT2D eigenvalue weighted by molar-refractivity contribution is 0.282. The van der Waals surface area contributed by atoms with Crippen LogP contribution in [0.25, 0.3) is 0 Å². The Labute approximate surface area is 79.0 Å². The second-order valence-electron chi connectivity index (χ2n) is 2.50. The van der Waals surface area contributed by atoms with Crippen LogP contribution in [0.1, 0.15) is 11.1 Å². The van der Waals surface area contributed by atoms with Crippen LogP contribution in [0.2, 0.25) is 0 Å². The molecule has 68 valence electrons. The maximum atomic E-state index is 8.74. The van der Waals surface area contributed by atoms with Crippen LogP contribution >= 0.6 is 12.4 Å². The van der Waals surface area contributed by atoms with Crippen LogP contribution in [-0.4, -0.2) is 12.2 Å². The second kappa shape index (κ2) is 6.00. The lowest BCUT2D eigenvalue weighted by Gasteiger charge is -2.00. The molecular formula is C9H14ClNO. The molecule has 0 aliphatic carbocycles. The summed E-state index contributed by atoms with van der Waals surface area (Å²) in [5.74, 6) is 0. The van der Waals surface area contributed by atoms with E-state index < -0.39 is 0 Å². The molecule has 0 fully saturated rings. The van der Waals surface area contributed by atoms with Crippen LogP contribution in [0.15, 0.2) is 24.3 Å². The Morgan fingerprint density at radius 2 is 1.67 bits per heavy atom. The fourth-order valence-electron chi connectivity index (χ4n) is 0.967. The van der Waals surface area contributed by atoms with Crippen molar-refractivity contribution >= 4 is 12.4 Å². The molecule has 1 aromatic carbocycles. The predicted molar refractivity (Wildman–Crippen MR) is 52.4 cm³/mol. The number of hydrogen-bond donors (Lipinski definition) is 2. The normalized spacial score (nSPS) is 9.17. The van der Waals surface area contributed by atoms with Gasteiger partial charge in [-0.15, -0.1) is 12.4 Å². The van der Waals surface area contributed by atoms with Crippen molar-refractivity contribution in [2.45, 2.75) is 13.2 Å². The van der Waals surface area contributed by atoms with E-state index in [1.54, 1.807) is 0 Å². The first-order chi connectivity index (χ1) is 5.36. The molecule has 1 rings (SSSR count). The van der Waals surface area contributed by atoms with Gasteiger partial charge in [-0.05, 0) is 18.2 Å². The second-order valence-corrected chi connectivity index (χ2v) is 2.50. The molecule has 3 heteroatoms. The molecule has 0 saturated carbocycles. The van der Waals surface area contributed by atoms with E-state index in [1.165, 1.54) is 5.56 Å². The van der Waals surface area contributed by atoms with Crippen molar-refractivity contribution in [3.8, 4) is 0 Å². The third-order valence-corrected chi connectivity index (χ3v) is 1.59. The van der Waals surface area contributed by atoms with Crippen molar-refractivity contribution < 1.29 is 5.11 Å². The fraction of sp³-hybridized carbons (Fsp3) is 0.333. The zero-order valence-electron chi connectivity index (χ0n) is 7.08. The van der Waals surface area contributed by atoms with Crippen molar-refractivity contribution in [3.05, 3.63) is 35.4 Å². The van der Waals surface area contributed by atoms with Crippen LogP contribution in [0.4, 0.5) is 0 Å². The molecule has 2 nitrogen and oxygen atoms in total. The van der Waals surface area contributed by atoms with Crippen molar-refractivity contribution in [2.24, 2.45) is 0 Å². The Morgan fingerprint density at radius 1 is 1.17 bits per heavy atom. The molecule has 0 unspecified atom stereocenters. The van der Waals surface area contributed by atoms with Gasteiger partial charge in [0, 0.05) is 6.54 Å². The summed E-state index contributed by atoms with van der Waals surface area (Å²) in [5, 5.41) is 11.8. The largest absolute Gasteiger partial charge is 0.392 e. The summed E-state index contributed by atoms with van der Waals surface area (Å²) in [6.45, 7) is 1.01. The van der Waals surface area contributed by atoms with Gasteiger partial charge in [-0.3, -0.25) is 0 Å². The molecule has 0 heterocycles. The summed E-state index contributed by atoms with van der Waals surface area (Å²) >= 11 is 0. The summed E-state index contributed by atoms with van der Waals surface area (Å²) in [6.07, 6.45) is 0. The average molecular weight is 188 g/mol. The summed E-state index contributed by atoms with van der Waals surface area (Å²) in [7, 11) is 1.92. The van der Waals surface area contributed by atoms with Crippen LogP contribution in [-0.2, 0) is 13.2 Å². The van der Waals surface area contributed by atoms with Gasteiger partial charge in [-0.1, -0.05) is 24.3 Å². The van der Waals surface area contributed by atoms with Crippen LogP contribution in [0.3, 0.4) is 0 Å². The Morgan fingerprint density at radius 3 is 2.08 bits per heavy atom.